The number of nitrogens with one attached hydrogen (secondary N) is 1. The predicted octanol–water partition coefficient (Wildman–Crippen LogP) is 1.07. The van der Waals surface area contributed by atoms with Crippen LogP contribution in [0, 0.1) is 0 Å². The maximum Gasteiger partial charge on any atom is 0.418 e. The molecule has 0 radical (unpaired) electrons. The molecule has 0 bridgehead atoms. The summed E-state index contributed by atoms with van der Waals surface area (Å²) in [5, 5.41) is 2.43. The SMILES string of the molecule is C=C1NC(=O)OC2=C1CC(=O)N2COCCC. The average Bonchev–Trinajstić information content (AvgIpc) is 2.57. The summed E-state index contributed by atoms with van der Waals surface area (Å²) in [5.74, 6) is 0.101. The second kappa shape index (κ2) is 4.58. The van der Waals surface area contributed by atoms with Gasteiger partial charge in [-0.2, -0.15) is 0 Å². The Hall–Kier alpha value is -1.82. The Balaban J connectivity index is 2.13. The monoisotopic (exact) mass is 238 g/mol. The van der Waals surface area contributed by atoms with Crippen LogP contribution in [0.4, 0.5) is 4.79 Å². The van der Waals surface area contributed by atoms with E-state index < -0.39 is 6.09 Å². The smallest absolute Gasteiger partial charge is 0.392 e. The third kappa shape index (κ3) is 2.16. The lowest BCUT2D eigenvalue weighted by Gasteiger charge is -2.22. The fourth-order valence-corrected chi connectivity index (χ4v) is 1.69. The summed E-state index contributed by atoms with van der Waals surface area (Å²) in [5.41, 5.74) is 1.04. The maximum atomic E-state index is 11.7. The van der Waals surface area contributed by atoms with Gasteiger partial charge in [-0.05, 0) is 6.42 Å². The first-order valence-corrected chi connectivity index (χ1v) is 5.43. The molecule has 0 fully saturated rings. The van der Waals surface area contributed by atoms with E-state index in [0.717, 1.165) is 6.42 Å². The minimum atomic E-state index is -0.621. The van der Waals surface area contributed by atoms with Gasteiger partial charge in [0.25, 0.3) is 0 Å². The Morgan fingerprint density at radius 1 is 1.53 bits per heavy atom. The van der Waals surface area contributed by atoms with Crippen LogP contribution in [0.5, 0.6) is 0 Å². The van der Waals surface area contributed by atoms with Gasteiger partial charge in [-0.25, -0.2) is 4.79 Å². The number of ether oxygens (including phenoxy) is 2. The van der Waals surface area contributed by atoms with Crippen LogP contribution in [0.25, 0.3) is 0 Å². The molecule has 2 aliphatic heterocycles. The van der Waals surface area contributed by atoms with Crippen molar-refractivity contribution in [3.05, 3.63) is 23.7 Å². The number of rotatable bonds is 4. The Morgan fingerprint density at radius 2 is 2.29 bits per heavy atom. The molecular formula is C11H14N2O4. The van der Waals surface area contributed by atoms with Crippen molar-refractivity contribution in [2.24, 2.45) is 0 Å². The number of alkyl carbamates (subject to hydrolysis) is 1. The average molecular weight is 238 g/mol. The van der Waals surface area contributed by atoms with E-state index in [0.29, 0.717) is 17.9 Å². The Labute approximate surface area is 98.9 Å². The van der Waals surface area contributed by atoms with E-state index in [1.807, 2.05) is 6.92 Å². The highest BCUT2D eigenvalue weighted by Crippen LogP contribution is 2.31. The van der Waals surface area contributed by atoms with E-state index >= 15 is 0 Å². The minimum Gasteiger partial charge on any atom is -0.392 e. The van der Waals surface area contributed by atoms with Crippen LogP contribution in [0.15, 0.2) is 23.7 Å². The molecule has 0 saturated carbocycles. The first-order valence-electron chi connectivity index (χ1n) is 5.43. The molecule has 0 spiro atoms. The molecule has 0 atom stereocenters. The van der Waals surface area contributed by atoms with Gasteiger partial charge in [0.1, 0.15) is 6.73 Å². The van der Waals surface area contributed by atoms with Crippen molar-refractivity contribution < 1.29 is 19.1 Å². The summed E-state index contributed by atoms with van der Waals surface area (Å²) >= 11 is 0. The molecule has 0 unspecified atom stereocenters. The van der Waals surface area contributed by atoms with Gasteiger partial charge in [-0.1, -0.05) is 13.5 Å². The van der Waals surface area contributed by atoms with Gasteiger partial charge in [0.05, 0.1) is 6.42 Å². The molecule has 1 N–H and O–H groups in total. The number of amides is 2. The highest BCUT2D eigenvalue weighted by atomic mass is 16.6. The number of allylic oxidation sites excluding steroid dienone is 1. The van der Waals surface area contributed by atoms with E-state index in [1.54, 1.807) is 0 Å². The molecule has 2 amide bonds. The molecule has 92 valence electrons. The normalized spacial score (nSPS) is 19.4. The van der Waals surface area contributed by atoms with Gasteiger partial charge in [-0.3, -0.25) is 15.0 Å². The molecular weight excluding hydrogens is 224 g/mol. The fraction of sp³-hybridized carbons (Fsp3) is 0.455. The van der Waals surface area contributed by atoms with Gasteiger partial charge in [0, 0.05) is 17.9 Å². The van der Waals surface area contributed by atoms with Gasteiger partial charge in [0.15, 0.2) is 0 Å². The molecule has 0 aromatic heterocycles. The molecule has 6 heteroatoms. The summed E-state index contributed by atoms with van der Waals surface area (Å²) in [4.78, 5) is 24.3. The molecule has 2 rings (SSSR count). The number of hydrogen-bond donors (Lipinski definition) is 1. The molecule has 0 aromatic carbocycles. The molecule has 2 aliphatic rings. The van der Waals surface area contributed by atoms with Gasteiger partial charge in [0.2, 0.25) is 11.8 Å². The zero-order valence-corrected chi connectivity index (χ0v) is 9.62. The molecule has 17 heavy (non-hydrogen) atoms. The maximum absolute atomic E-state index is 11.7. The zero-order valence-electron chi connectivity index (χ0n) is 9.62. The lowest BCUT2D eigenvalue weighted by Crippen LogP contribution is -2.34. The number of hydrogen-bond acceptors (Lipinski definition) is 4. The van der Waals surface area contributed by atoms with Crippen molar-refractivity contribution in [2.75, 3.05) is 13.3 Å². The summed E-state index contributed by atoms with van der Waals surface area (Å²) < 4.78 is 10.3. The number of nitrogens with zero attached hydrogens (tertiary/aromatic N) is 1. The van der Waals surface area contributed by atoms with Crippen molar-refractivity contribution in [2.45, 2.75) is 19.8 Å². The third-order valence-corrected chi connectivity index (χ3v) is 2.51. The molecule has 0 aliphatic carbocycles. The quantitative estimate of drug-likeness (QED) is 0.744. The first-order chi connectivity index (χ1) is 8.13. The minimum absolute atomic E-state index is 0.103. The summed E-state index contributed by atoms with van der Waals surface area (Å²) in [7, 11) is 0. The number of carbonyl (C=O) groups is 2. The second-order valence-electron chi connectivity index (χ2n) is 3.81. The Kier molecular flexibility index (Phi) is 3.14. The van der Waals surface area contributed by atoms with Gasteiger partial charge in [-0.15, -0.1) is 0 Å². The van der Waals surface area contributed by atoms with Crippen LogP contribution < -0.4 is 5.32 Å². The van der Waals surface area contributed by atoms with Crippen molar-refractivity contribution in [1.82, 2.24) is 10.2 Å². The largest absolute Gasteiger partial charge is 0.418 e. The van der Waals surface area contributed by atoms with E-state index in [9.17, 15) is 9.59 Å². The Bertz CT molecular complexity index is 414. The van der Waals surface area contributed by atoms with Crippen LogP contribution in [0.1, 0.15) is 19.8 Å². The molecule has 0 aromatic rings. The second-order valence-corrected chi connectivity index (χ2v) is 3.81. The van der Waals surface area contributed by atoms with Crippen LogP contribution in [-0.2, 0) is 14.3 Å². The van der Waals surface area contributed by atoms with E-state index in [1.165, 1.54) is 4.90 Å². The van der Waals surface area contributed by atoms with Crippen LogP contribution in [0.2, 0.25) is 0 Å². The van der Waals surface area contributed by atoms with E-state index in [2.05, 4.69) is 11.9 Å². The predicted molar refractivity (Wildman–Crippen MR) is 58.4 cm³/mol. The van der Waals surface area contributed by atoms with Crippen LogP contribution in [0.3, 0.4) is 0 Å². The lowest BCUT2D eigenvalue weighted by molar-refractivity contribution is -0.133. The van der Waals surface area contributed by atoms with Gasteiger partial charge < -0.3 is 9.47 Å². The topological polar surface area (TPSA) is 67.9 Å². The fourth-order valence-electron chi connectivity index (χ4n) is 1.69. The first kappa shape index (κ1) is 11.7. The van der Waals surface area contributed by atoms with Crippen LogP contribution in [-0.4, -0.2) is 30.2 Å². The summed E-state index contributed by atoms with van der Waals surface area (Å²) in [6.07, 6.45) is 0.426. The van der Waals surface area contributed by atoms with E-state index in [4.69, 9.17) is 9.47 Å². The van der Waals surface area contributed by atoms with Crippen molar-refractivity contribution in [3.8, 4) is 0 Å². The Morgan fingerprint density at radius 3 is 3.00 bits per heavy atom. The van der Waals surface area contributed by atoms with Crippen LogP contribution >= 0.6 is 0 Å². The molecule has 0 saturated heterocycles. The summed E-state index contributed by atoms with van der Waals surface area (Å²) in [6, 6.07) is 0. The molecule has 2 heterocycles. The lowest BCUT2D eigenvalue weighted by atomic mass is 10.1. The zero-order chi connectivity index (χ0) is 12.4. The van der Waals surface area contributed by atoms with E-state index in [-0.39, 0.29) is 24.9 Å². The third-order valence-electron chi connectivity index (χ3n) is 2.51. The molecule has 6 nitrogen and oxygen atoms in total. The number of carbonyl (C=O) groups excluding carboxylic acids is 2. The van der Waals surface area contributed by atoms with Crippen molar-refractivity contribution >= 4 is 12.0 Å². The summed E-state index contributed by atoms with van der Waals surface area (Å²) in [6.45, 7) is 6.32. The van der Waals surface area contributed by atoms with Crippen molar-refractivity contribution in [1.29, 1.82) is 0 Å². The van der Waals surface area contributed by atoms with Crippen molar-refractivity contribution in [3.63, 3.8) is 0 Å². The standard InChI is InChI=1S/C11H14N2O4/c1-3-4-16-6-13-9(14)5-8-7(2)12-11(15)17-10(8)13/h2-6H2,1H3,(H,12,15). The van der Waals surface area contributed by atoms with Gasteiger partial charge >= 0.3 is 6.09 Å². The highest BCUT2D eigenvalue weighted by molar-refractivity contribution is 5.88. The highest BCUT2D eigenvalue weighted by Gasteiger charge is 2.37.